The summed E-state index contributed by atoms with van der Waals surface area (Å²) in [4.78, 5) is 0. The van der Waals surface area contributed by atoms with Gasteiger partial charge >= 0.3 is 8.80 Å². The van der Waals surface area contributed by atoms with Crippen LogP contribution in [0.2, 0.25) is 6.04 Å². The van der Waals surface area contributed by atoms with Gasteiger partial charge in [0.25, 0.3) is 0 Å². The van der Waals surface area contributed by atoms with Crippen molar-refractivity contribution in [1.29, 1.82) is 0 Å². The van der Waals surface area contributed by atoms with Crippen molar-refractivity contribution in [3.05, 3.63) is 0 Å². The van der Waals surface area contributed by atoms with E-state index in [2.05, 4.69) is 12.2 Å². The van der Waals surface area contributed by atoms with Gasteiger partial charge in [-0.25, -0.2) is 0 Å². The Morgan fingerprint density at radius 2 is 1.46 bits per heavy atom. The zero-order valence-electron chi connectivity index (χ0n) is 9.05. The van der Waals surface area contributed by atoms with E-state index in [1.807, 2.05) is 0 Å². The van der Waals surface area contributed by atoms with Crippen LogP contribution in [0.15, 0.2) is 0 Å². The van der Waals surface area contributed by atoms with Crippen LogP contribution >= 0.6 is 0 Å². The van der Waals surface area contributed by atoms with E-state index in [-0.39, 0.29) is 0 Å². The molecular formula is C8H21NO3Si. The quantitative estimate of drug-likeness (QED) is 0.537. The van der Waals surface area contributed by atoms with Crippen molar-refractivity contribution in [3.63, 3.8) is 0 Å². The topological polar surface area (TPSA) is 49.6 Å². The minimum absolute atomic E-state index is 0.885. The summed E-state index contributed by atoms with van der Waals surface area (Å²) in [6.45, 7) is 4.58. The first-order valence-corrected chi connectivity index (χ1v) is 6.54. The molecule has 1 rings (SSSR count). The first-order valence-electron chi connectivity index (χ1n) is 4.60. The van der Waals surface area contributed by atoms with Gasteiger partial charge in [-0.05, 0) is 0 Å². The molecule has 0 atom stereocenters. The molecule has 1 heterocycles. The van der Waals surface area contributed by atoms with Gasteiger partial charge in [0, 0.05) is 40.5 Å². The van der Waals surface area contributed by atoms with Gasteiger partial charge in [-0.2, -0.15) is 0 Å². The molecule has 1 aliphatic heterocycles. The second-order valence-electron chi connectivity index (χ2n) is 2.80. The maximum atomic E-state index is 5.17. The van der Waals surface area contributed by atoms with Crippen molar-refractivity contribution in [2.24, 2.45) is 0 Å². The van der Waals surface area contributed by atoms with Gasteiger partial charge in [-0.15, -0.1) is 0 Å². The molecule has 5 heteroatoms. The molecule has 80 valence electrons. The molecule has 0 unspecified atom stereocenters. The molecule has 4 nitrogen and oxygen atoms in total. The molecule has 1 aliphatic rings. The average molecular weight is 207 g/mol. The highest BCUT2D eigenvalue weighted by Crippen LogP contribution is 2.13. The number of nitrogens with one attached hydrogen (secondary N) is 1. The van der Waals surface area contributed by atoms with Crippen LogP contribution < -0.4 is 5.32 Å². The Bertz CT molecular complexity index is 107. The SMILES string of the molecule is C1CN1.CCC[Si](OC)(OC)OC. The van der Waals surface area contributed by atoms with Crippen molar-refractivity contribution < 1.29 is 13.3 Å². The minimum atomic E-state index is -2.22. The summed E-state index contributed by atoms with van der Waals surface area (Å²) in [5.74, 6) is 0. The zero-order valence-corrected chi connectivity index (χ0v) is 10.1. The summed E-state index contributed by atoms with van der Waals surface area (Å²) < 4.78 is 15.5. The van der Waals surface area contributed by atoms with E-state index in [9.17, 15) is 0 Å². The van der Waals surface area contributed by atoms with E-state index in [0.29, 0.717) is 0 Å². The number of hydrogen-bond acceptors (Lipinski definition) is 4. The molecular weight excluding hydrogens is 186 g/mol. The Hall–Kier alpha value is 0.0569. The van der Waals surface area contributed by atoms with Crippen LogP contribution in [0.4, 0.5) is 0 Å². The zero-order chi connectivity index (χ0) is 10.2. The predicted molar refractivity (Wildman–Crippen MR) is 54.7 cm³/mol. The van der Waals surface area contributed by atoms with Crippen LogP contribution in [0.5, 0.6) is 0 Å². The minimum Gasteiger partial charge on any atom is -0.377 e. The maximum absolute atomic E-state index is 5.17. The van der Waals surface area contributed by atoms with E-state index in [1.165, 1.54) is 13.1 Å². The van der Waals surface area contributed by atoms with Crippen molar-refractivity contribution >= 4 is 8.80 Å². The van der Waals surface area contributed by atoms with Crippen molar-refractivity contribution in [1.82, 2.24) is 5.32 Å². The fourth-order valence-electron chi connectivity index (χ4n) is 0.862. The lowest BCUT2D eigenvalue weighted by Gasteiger charge is -2.23. The lowest BCUT2D eigenvalue weighted by Crippen LogP contribution is -2.42. The number of rotatable bonds is 5. The maximum Gasteiger partial charge on any atom is 0.500 e. The summed E-state index contributed by atoms with van der Waals surface area (Å²) in [5.41, 5.74) is 0. The smallest absolute Gasteiger partial charge is 0.377 e. The third-order valence-corrected chi connectivity index (χ3v) is 4.72. The second kappa shape index (κ2) is 7.46. The molecule has 13 heavy (non-hydrogen) atoms. The normalized spacial score (nSPS) is 14.8. The van der Waals surface area contributed by atoms with Gasteiger partial charge in [0.15, 0.2) is 0 Å². The fourth-order valence-corrected chi connectivity index (χ4v) is 2.59. The van der Waals surface area contributed by atoms with E-state index < -0.39 is 8.80 Å². The molecule has 0 aliphatic carbocycles. The highest BCUT2D eigenvalue weighted by Gasteiger charge is 2.36. The molecule has 0 amide bonds. The Balaban J connectivity index is 0.000000396. The summed E-state index contributed by atoms with van der Waals surface area (Å²) >= 11 is 0. The molecule has 0 aromatic heterocycles. The monoisotopic (exact) mass is 207 g/mol. The third kappa shape index (κ3) is 6.17. The Labute approximate surface area is 81.9 Å². The summed E-state index contributed by atoms with van der Waals surface area (Å²) in [5, 5.41) is 3.00. The predicted octanol–water partition coefficient (Wildman–Crippen LogP) is 0.864. The molecule has 0 spiro atoms. The molecule has 0 aromatic rings. The van der Waals surface area contributed by atoms with Gasteiger partial charge in [0.1, 0.15) is 0 Å². The molecule has 0 radical (unpaired) electrons. The van der Waals surface area contributed by atoms with Gasteiger partial charge in [0.05, 0.1) is 0 Å². The van der Waals surface area contributed by atoms with E-state index in [0.717, 1.165) is 12.5 Å². The molecule has 1 saturated heterocycles. The standard InChI is InChI=1S/C6H16O3Si.C2H5N/c1-5-6-10(7-2,8-3)9-4;1-2-3-1/h5-6H2,1-4H3;3H,1-2H2. The largest absolute Gasteiger partial charge is 0.500 e. The summed E-state index contributed by atoms with van der Waals surface area (Å²) in [7, 11) is 2.68. The third-order valence-electron chi connectivity index (χ3n) is 1.74. The fraction of sp³-hybridized carbons (Fsp3) is 1.00. The van der Waals surface area contributed by atoms with Crippen molar-refractivity contribution in [2.75, 3.05) is 34.4 Å². The van der Waals surface area contributed by atoms with Crippen LogP contribution in [-0.4, -0.2) is 43.2 Å². The van der Waals surface area contributed by atoms with Gasteiger partial charge in [-0.3, -0.25) is 0 Å². The van der Waals surface area contributed by atoms with Crippen LogP contribution in [0.1, 0.15) is 13.3 Å². The van der Waals surface area contributed by atoms with Crippen LogP contribution in [0.3, 0.4) is 0 Å². The number of hydrogen-bond donors (Lipinski definition) is 1. The molecule has 1 fully saturated rings. The first-order chi connectivity index (χ1) is 6.24. The first kappa shape index (κ1) is 13.1. The van der Waals surface area contributed by atoms with Crippen molar-refractivity contribution in [3.8, 4) is 0 Å². The lowest BCUT2D eigenvalue weighted by molar-refractivity contribution is 0.123. The molecule has 0 saturated carbocycles. The molecule has 0 bridgehead atoms. The van der Waals surface area contributed by atoms with E-state index in [4.69, 9.17) is 13.3 Å². The van der Waals surface area contributed by atoms with Crippen molar-refractivity contribution in [2.45, 2.75) is 19.4 Å². The van der Waals surface area contributed by atoms with Gasteiger partial charge in [-0.1, -0.05) is 13.3 Å². The van der Waals surface area contributed by atoms with Gasteiger partial charge in [0.2, 0.25) is 0 Å². The summed E-state index contributed by atoms with van der Waals surface area (Å²) in [6, 6.07) is 0.885. The van der Waals surface area contributed by atoms with Crippen LogP contribution in [0, 0.1) is 0 Å². The van der Waals surface area contributed by atoms with Crippen LogP contribution in [0.25, 0.3) is 0 Å². The molecule has 1 N–H and O–H groups in total. The van der Waals surface area contributed by atoms with E-state index >= 15 is 0 Å². The Kier molecular flexibility index (Phi) is 7.49. The molecule has 0 aromatic carbocycles. The lowest BCUT2D eigenvalue weighted by atomic mass is 10.6. The highest BCUT2D eigenvalue weighted by molar-refractivity contribution is 6.60. The summed E-state index contributed by atoms with van der Waals surface area (Å²) in [6.07, 6.45) is 1.03. The average Bonchev–Trinajstić information content (AvgIpc) is 3.01. The van der Waals surface area contributed by atoms with Gasteiger partial charge < -0.3 is 18.6 Å². The Morgan fingerprint density at radius 1 is 1.08 bits per heavy atom. The van der Waals surface area contributed by atoms with E-state index in [1.54, 1.807) is 21.3 Å². The van der Waals surface area contributed by atoms with Crippen LogP contribution in [-0.2, 0) is 13.3 Å². The highest BCUT2D eigenvalue weighted by atomic mass is 28.4. The second-order valence-corrected chi connectivity index (χ2v) is 5.89. The Morgan fingerprint density at radius 3 is 1.54 bits per heavy atom.